The second kappa shape index (κ2) is 12.2. The van der Waals surface area contributed by atoms with Gasteiger partial charge in [0.15, 0.2) is 12.2 Å². The molecule has 3 aromatic rings. The van der Waals surface area contributed by atoms with Gasteiger partial charge in [-0.15, -0.1) is 0 Å². The number of nitrogens with one attached hydrogen (secondary N) is 1. The van der Waals surface area contributed by atoms with E-state index in [1.54, 1.807) is 42.5 Å². The lowest BCUT2D eigenvalue weighted by molar-refractivity contribution is -0.153. The lowest BCUT2D eigenvalue weighted by atomic mass is 10.1. The van der Waals surface area contributed by atoms with Crippen molar-refractivity contribution < 1.29 is 29.6 Å². The number of para-hydroxylation sites is 1. The Morgan fingerprint density at radius 2 is 1.54 bits per heavy atom. The number of rotatable bonds is 9. The Morgan fingerprint density at radius 3 is 2.27 bits per heavy atom. The van der Waals surface area contributed by atoms with Gasteiger partial charge in [0, 0.05) is 38.4 Å². The van der Waals surface area contributed by atoms with Crippen molar-refractivity contribution in [3.05, 3.63) is 90.0 Å². The molecule has 0 aromatic heterocycles. The van der Waals surface area contributed by atoms with Crippen LogP contribution in [0.25, 0.3) is 0 Å². The average Bonchev–Trinajstić information content (AvgIpc) is 2.94. The van der Waals surface area contributed by atoms with Crippen molar-refractivity contribution in [1.29, 1.82) is 0 Å². The molecule has 4 rings (SSSR count). The van der Waals surface area contributed by atoms with Crippen molar-refractivity contribution in [3.8, 4) is 11.5 Å². The highest BCUT2D eigenvalue weighted by Gasteiger charge is 2.34. The predicted octanol–water partition coefficient (Wildman–Crippen LogP) is 1.66. The number of aliphatic hydroxyl groups excluding tert-OH is 2. The number of phenolic OH excluding ortho intramolecular Hbond substituents is 1. The fraction of sp³-hybridized carbons (Fsp3) is 0.286. The van der Waals surface area contributed by atoms with E-state index in [9.17, 15) is 24.9 Å². The van der Waals surface area contributed by atoms with Crippen LogP contribution in [0.1, 0.15) is 11.1 Å². The van der Waals surface area contributed by atoms with Crippen molar-refractivity contribution in [1.82, 2.24) is 10.2 Å². The van der Waals surface area contributed by atoms with E-state index in [-0.39, 0.29) is 18.9 Å². The summed E-state index contributed by atoms with van der Waals surface area (Å²) in [5.74, 6) is -0.778. The Bertz CT molecular complexity index is 1200. The predicted molar refractivity (Wildman–Crippen MR) is 138 cm³/mol. The molecule has 2 amide bonds. The number of hydrogen-bond acceptors (Lipinski definition) is 7. The molecule has 3 aromatic carbocycles. The Morgan fingerprint density at radius 1 is 0.838 bits per heavy atom. The first-order valence-corrected chi connectivity index (χ1v) is 12.1. The molecule has 0 bridgehead atoms. The number of amides is 2. The fourth-order valence-corrected chi connectivity index (χ4v) is 4.14. The Hall–Kier alpha value is -4.08. The van der Waals surface area contributed by atoms with Crippen LogP contribution in [0.5, 0.6) is 11.5 Å². The van der Waals surface area contributed by atoms with Crippen LogP contribution in [-0.2, 0) is 22.7 Å². The lowest BCUT2D eigenvalue weighted by Gasteiger charge is -2.37. The van der Waals surface area contributed by atoms with Gasteiger partial charge in [-0.05, 0) is 47.5 Å². The number of carbonyl (C=O) groups excluding carboxylic acids is 2. The number of aromatic hydroxyl groups is 1. The molecule has 9 nitrogen and oxygen atoms in total. The summed E-state index contributed by atoms with van der Waals surface area (Å²) in [7, 11) is 0. The molecular formula is C28H31N3O6. The van der Waals surface area contributed by atoms with Crippen molar-refractivity contribution >= 4 is 17.5 Å². The van der Waals surface area contributed by atoms with E-state index < -0.39 is 24.0 Å². The summed E-state index contributed by atoms with van der Waals surface area (Å²) in [4.78, 5) is 28.8. The summed E-state index contributed by atoms with van der Waals surface area (Å²) in [6, 6.07) is 23.6. The number of ether oxygens (including phenoxy) is 1. The van der Waals surface area contributed by atoms with E-state index in [1.165, 1.54) is 4.90 Å². The maximum Gasteiger partial charge on any atom is 0.254 e. The van der Waals surface area contributed by atoms with E-state index in [2.05, 4.69) is 10.2 Å². The number of benzene rings is 3. The monoisotopic (exact) mass is 505 g/mol. The smallest absolute Gasteiger partial charge is 0.254 e. The van der Waals surface area contributed by atoms with Gasteiger partial charge in [0.1, 0.15) is 18.1 Å². The molecule has 0 radical (unpaired) electrons. The molecule has 0 spiro atoms. The molecule has 0 aliphatic carbocycles. The van der Waals surface area contributed by atoms with E-state index >= 15 is 0 Å². The second-order valence-corrected chi connectivity index (χ2v) is 8.86. The van der Waals surface area contributed by atoms with Gasteiger partial charge in [-0.25, -0.2) is 0 Å². The molecule has 37 heavy (non-hydrogen) atoms. The van der Waals surface area contributed by atoms with E-state index in [1.807, 2.05) is 36.4 Å². The van der Waals surface area contributed by atoms with Crippen LogP contribution in [-0.4, -0.2) is 70.4 Å². The zero-order valence-electron chi connectivity index (χ0n) is 20.4. The summed E-state index contributed by atoms with van der Waals surface area (Å²) < 4.78 is 5.75. The van der Waals surface area contributed by atoms with E-state index in [0.29, 0.717) is 37.5 Å². The largest absolute Gasteiger partial charge is 0.508 e. The molecule has 1 aliphatic heterocycles. The van der Waals surface area contributed by atoms with Gasteiger partial charge in [0.2, 0.25) is 0 Å². The maximum absolute atomic E-state index is 12.7. The third-order valence-corrected chi connectivity index (χ3v) is 6.21. The summed E-state index contributed by atoms with van der Waals surface area (Å²) in [5.41, 5.74) is 2.58. The van der Waals surface area contributed by atoms with E-state index in [4.69, 9.17) is 4.74 Å². The van der Waals surface area contributed by atoms with Gasteiger partial charge in [0.25, 0.3) is 11.8 Å². The van der Waals surface area contributed by atoms with Gasteiger partial charge < -0.3 is 35.2 Å². The lowest BCUT2D eigenvalue weighted by Crippen LogP contribution is -2.55. The number of aliphatic hydroxyl groups is 2. The van der Waals surface area contributed by atoms with Crippen molar-refractivity contribution in [2.24, 2.45) is 0 Å². The molecule has 1 saturated heterocycles. The zero-order chi connectivity index (χ0) is 26.2. The SMILES string of the molecule is O=C(NCc1cccc(OCc2cccc(O)c2)c1)[C@H](O)[C@@H](O)C(=O)N1CCN(c2ccccc2)CC1. The molecule has 1 heterocycles. The number of piperazine rings is 1. The van der Waals surface area contributed by atoms with E-state index in [0.717, 1.165) is 11.3 Å². The van der Waals surface area contributed by atoms with Crippen LogP contribution in [0.2, 0.25) is 0 Å². The third kappa shape index (κ3) is 6.99. The third-order valence-electron chi connectivity index (χ3n) is 6.21. The number of nitrogens with zero attached hydrogens (tertiary/aromatic N) is 2. The molecule has 2 atom stereocenters. The van der Waals surface area contributed by atoms with Gasteiger partial charge in [-0.2, -0.15) is 0 Å². The highest BCUT2D eigenvalue weighted by molar-refractivity contribution is 5.90. The molecule has 9 heteroatoms. The number of hydrogen-bond donors (Lipinski definition) is 4. The topological polar surface area (TPSA) is 123 Å². The first-order chi connectivity index (χ1) is 17.9. The molecular weight excluding hydrogens is 474 g/mol. The first-order valence-electron chi connectivity index (χ1n) is 12.1. The average molecular weight is 506 g/mol. The van der Waals surface area contributed by atoms with Crippen LogP contribution < -0.4 is 15.0 Å². The Kier molecular flexibility index (Phi) is 8.60. The normalized spacial score (nSPS) is 15.1. The first kappa shape index (κ1) is 26.0. The standard InChI is InChI=1S/C28H31N3O6/c32-23-10-4-7-21(16-23)19-37-24-11-5-6-20(17-24)18-29-27(35)25(33)26(34)28(36)31-14-12-30(13-15-31)22-8-2-1-3-9-22/h1-11,16-17,25-26,32-34H,12-15,18-19H2,(H,29,35)/t25-,26-/m1/s1. The molecule has 0 saturated carbocycles. The molecule has 194 valence electrons. The molecule has 1 fully saturated rings. The van der Waals surface area contributed by atoms with Crippen molar-refractivity contribution in [3.63, 3.8) is 0 Å². The minimum Gasteiger partial charge on any atom is -0.508 e. The minimum atomic E-state index is -1.88. The maximum atomic E-state index is 12.7. The van der Waals surface area contributed by atoms with Crippen LogP contribution in [0.15, 0.2) is 78.9 Å². The van der Waals surface area contributed by atoms with Gasteiger partial charge in [-0.3, -0.25) is 9.59 Å². The van der Waals surface area contributed by atoms with Crippen LogP contribution in [0, 0.1) is 0 Å². The molecule has 1 aliphatic rings. The second-order valence-electron chi connectivity index (χ2n) is 8.86. The Labute approximate surface area is 215 Å². The molecule has 0 unspecified atom stereocenters. The highest BCUT2D eigenvalue weighted by atomic mass is 16.5. The van der Waals surface area contributed by atoms with Crippen LogP contribution >= 0.6 is 0 Å². The summed E-state index contributed by atoms with van der Waals surface area (Å²) in [5, 5.41) is 32.8. The summed E-state index contributed by atoms with van der Waals surface area (Å²) >= 11 is 0. The fourth-order valence-electron chi connectivity index (χ4n) is 4.14. The minimum absolute atomic E-state index is 0.0792. The number of carbonyl (C=O) groups is 2. The highest BCUT2D eigenvalue weighted by Crippen LogP contribution is 2.18. The number of phenols is 1. The quantitative estimate of drug-likeness (QED) is 0.349. The Balaban J connectivity index is 1.24. The van der Waals surface area contributed by atoms with Crippen molar-refractivity contribution in [2.75, 3.05) is 31.1 Å². The molecule has 4 N–H and O–H groups in total. The van der Waals surface area contributed by atoms with Gasteiger partial charge in [0.05, 0.1) is 0 Å². The van der Waals surface area contributed by atoms with Crippen LogP contribution in [0.3, 0.4) is 0 Å². The number of anilines is 1. The summed E-state index contributed by atoms with van der Waals surface area (Å²) in [6.07, 6.45) is -3.73. The summed E-state index contributed by atoms with van der Waals surface area (Å²) in [6.45, 7) is 2.29. The van der Waals surface area contributed by atoms with Crippen molar-refractivity contribution in [2.45, 2.75) is 25.4 Å². The van der Waals surface area contributed by atoms with Crippen LogP contribution in [0.4, 0.5) is 5.69 Å². The van der Waals surface area contributed by atoms with Gasteiger partial charge in [-0.1, -0.05) is 42.5 Å². The zero-order valence-corrected chi connectivity index (χ0v) is 20.4. The van der Waals surface area contributed by atoms with Gasteiger partial charge >= 0.3 is 0 Å².